The summed E-state index contributed by atoms with van der Waals surface area (Å²) < 4.78 is 10.0. The van der Waals surface area contributed by atoms with Gasteiger partial charge in [-0.1, -0.05) is 12.2 Å². The lowest BCUT2D eigenvalue weighted by Crippen LogP contribution is -2.24. The van der Waals surface area contributed by atoms with Gasteiger partial charge in [0.25, 0.3) is 11.6 Å². The highest BCUT2D eigenvalue weighted by Gasteiger charge is 2.24. The first-order valence-electron chi connectivity index (χ1n) is 6.08. The maximum absolute atomic E-state index is 12.0. The Hall–Kier alpha value is -2.61. The number of amides is 1. The molecule has 0 aliphatic rings. The van der Waals surface area contributed by atoms with E-state index in [1.165, 1.54) is 20.3 Å². The third-order valence-electron chi connectivity index (χ3n) is 2.63. The van der Waals surface area contributed by atoms with Crippen molar-refractivity contribution >= 4 is 11.6 Å². The van der Waals surface area contributed by atoms with Gasteiger partial charge >= 0.3 is 0 Å². The number of hydrogen-bond acceptors (Lipinski definition) is 6. The summed E-state index contributed by atoms with van der Waals surface area (Å²) >= 11 is 0. The first-order chi connectivity index (χ1) is 10.0. The van der Waals surface area contributed by atoms with E-state index in [1.807, 2.05) is 0 Å². The molecule has 0 atom stereocenters. The molecule has 0 aliphatic heterocycles. The van der Waals surface area contributed by atoms with E-state index in [1.54, 1.807) is 12.2 Å². The summed E-state index contributed by atoms with van der Waals surface area (Å²) in [6.07, 6.45) is 3.33. The molecular weight excluding hydrogens is 278 g/mol. The summed E-state index contributed by atoms with van der Waals surface area (Å²) in [5, 5.41) is 13.6. The number of hydrogen-bond donors (Lipinski definition) is 2. The topological polar surface area (TPSA) is 117 Å². The molecular formula is C13H17N3O5. The summed E-state index contributed by atoms with van der Waals surface area (Å²) in [5.41, 5.74) is 4.82. The van der Waals surface area contributed by atoms with Crippen molar-refractivity contribution in [1.82, 2.24) is 5.32 Å². The second kappa shape index (κ2) is 7.85. The van der Waals surface area contributed by atoms with Crippen LogP contribution in [0.3, 0.4) is 0 Å². The Kier molecular flexibility index (Phi) is 6.15. The number of nitrogens with one attached hydrogen (secondary N) is 1. The van der Waals surface area contributed by atoms with E-state index < -0.39 is 10.8 Å². The number of ether oxygens (including phenoxy) is 2. The largest absolute Gasteiger partial charge is 0.493 e. The summed E-state index contributed by atoms with van der Waals surface area (Å²) in [7, 11) is 2.74. The van der Waals surface area contributed by atoms with Gasteiger partial charge in [0, 0.05) is 19.2 Å². The summed E-state index contributed by atoms with van der Waals surface area (Å²) in [6, 6.07) is 2.43. The molecule has 1 aromatic rings. The summed E-state index contributed by atoms with van der Waals surface area (Å²) in [6.45, 7) is 0.577. The second-order valence-electron chi connectivity index (χ2n) is 3.90. The highest BCUT2D eigenvalue weighted by Crippen LogP contribution is 2.34. The maximum atomic E-state index is 12.0. The van der Waals surface area contributed by atoms with E-state index in [0.717, 1.165) is 6.07 Å². The molecule has 114 valence electrons. The maximum Gasteiger partial charge on any atom is 0.286 e. The predicted molar refractivity (Wildman–Crippen MR) is 76.7 cm³/mol. The Labute approximate surface area is 121 Å². The van der Waals surface area contributed by atoms with Crippen LogP contribution in [0.25, 0.3) is 0 Å². The SMILES string of the molecule is COc1cc(C(=O)NC/C=C/CN)c([N+](=O)[O-])cc1OC. The number of methoxy groups -OCH3 is 2. The fraction of sp³-hybridized carbons (Fsp3) is 0.308. The molecule has 0 fully saturated rings. The van der Waals surface area contributed by atoms with Crippen LogP contribution in [0.5, 0.6) is 11.5 Å². The Bertz CT molecular complexity index is 557. The third kappa shape index (κ3) is 4.18. The second-order valence-corrected chi connectivity index (χ2v) is 3.90. The average molecular weight is 295 g/mol. The van der Waals surface area contributed by atoms with Gasteiger partial charge in [0.2, 0.25) is 0 Å². The van der Waals surface area contributed by atoms with Crippen LogP contribution in [-0.4, -0.2) is 38.1 Å². The molecule has 8 heteroatoms. The molecule has 1 rings (SSSR count). The fourth-order valence-corrected chi connectivity index (χ4v) is 1.63. The number of carbonyl (C=O) groups excluding carboxylic acids is 1. The zero-order valence-electron chi connectivity index (χ0n) is 11.8. The summed E-state index contributed by atoms with van der Waals surface area (Å²) in [5.74, 6) is -0.154. The molecule has 0 saturated carbocycles. The van der Waals surface area contributed by atoms with Gasteiger partial charge in [-0.15, -0.1) is 0 Å². The monoisotopic (exact) mass is 295 g/mol. The van der Waals surface area contributed by atoms with Gasteiger partial charge in [-0.25, -0.2) is 0 Å². The van der Waals surface area contributed by atoms with Gasteiger partial charge in [-0.3, -0.25) is 14.9 Å². The molecule has 0 saturated heterocycles. The smallest absolute Gasteiger partial charge is 0.286 e. The molecule has 0 aromatic heterocycles. The van der Waals surface area contributed by atoms with Gasteiger partial charge in [0.15, 0.2) is 11.5 Å². The zero-order chi connectivity index (χ0) is 15.8. The van der Waals surface area contributed by atoms with Crippen molar-refractivity contribution < 1.29 is 19.2 Å². The Morgan fingerprint density at radius 3 is 2.48 bits per heavy atom. The third-order valence-corrected chi connectivity index (χ3v) is 2.63. The van der Waals surface area contributed by atoms with E-state index >= 15 is 0 Å². The molecule has 0 aliphatic carbocycles. The van der Waals surface area contributed by atoms with Crippen LogP contribution in [0.4, 0.5) is 5.69 Å². The van der Waals surface area contributed by atoms with E-state index in [4.69, 9.17) is 15.2 Å². The number of nitro benzene ring substituents is 1. The highest BCUT2D eigenvalue weighted by atomic mass is 16.6. The van der Waals surface area contributed by atoms with Gasteiger partial charge in [0.1, 0.15) is 5.56 Å². The average Bonchev–Trinajstić information content (AvgIpc) is 2.49. The lowest BCUT2D eigenvalue weighted by Gasteiger charge is -2.10. The van der Waals surface area contributed by atoms with Crippen LogP contribution >= 0.6 is 0 Å². The number of nitrogens with zero attached hydrogens (tertiary/aromatic N) is 1. The molecule has 0 spiro atoms. The number of nitrogens with two attached hydrogens (primary N) is 1. The highest BCUT2D eigenvalue weighted by molar-refractivity contribution is 5.99. The van der Waals surface area contributed by atoms with E-state index in [2.05, 4.69) is 5.32 Å². The lowest BCUT2D eigenvalue weighted by atomic mass is 10.1. The van der Waals surface area contributed by atoms with Gasteiger partial charge in [0.05, 0.1) is 25.2 Å². The number of rotatable bonds is 7. The predicted octanol–water partition coefficient (Wildman–Crippen LogP) is 0.857. The van der Waals surface area contributed by atoms with Crippen molar-refractivity contribution in [3.05, 3.63) is 40.0 Å². The van der Waals surface area contributed by atoms with Crippen LogP contribution in [0.15, 0.2) is 24.3 Å². The zero-order valence-corrected chi connectivity index (χ0v) is 11.8. The number of nitro groups is 1. The molecule has 0 radical (unpaired) electrons. The first-order valence-corrected chi connectivity index (χ1v) is 6.08. The number of benzene rings is 1. The minimum Gasteiger partial charge on any atom is -0.493 e. The van der Waals surface area contributed by atoms with E-state index in [-0.39, 0.29) is 29.3 Å². The lowest BCUT2D eigenvalue weighted by molar-refractivity contribution is -0.385. The van der Waals surface area contributed by atoms with Crippen LogP contribution < -0.4 is 20.5 Å². The van der Waals surface area contributed by atoms with Crippen molar-refractivity contribution in [3.63, 3.8) is 0 Å². The molecule has 0 unspecified atom stereocenters. The normalized spacial score (nSPS) is 10.4. The van der Waals surface area contributed by atoms with Crippen molar-refractivity contribution in [2.75, 3.05) is 27.3 Å². The molecule has 8 nitrogen and oxygen atoms in total. The quantitative estimate of drug-likeness (QED) is 0.437. The van der Waals surface area contributed by atoms with E-state index in [9.17, 15) is 14.9 Å². The minimum atomic E-state index is -0.646. The molecule has 21 heavy (non-hydrogen) atoms. The van der Waals surface area contributed by atoms with Gasteiger partial charge in [-0.05, 0) is 0 Å². The van der Waals surface area contributed by atoms with Crippen molar-refractivity contribution in [3.8, 4) is 11.5 Å². The molecule has 0 heterocycles. The van der Waals surface area contributed by atoms with Crippen LogP contribution in [0, 0.1) is 10.1 Å². The fourth-order valence-electron chi connectivity index (χ4n) is 1.63. The molecule has 0 bridgehead atoms. The Balaban J connectivity index is 3.11. The van der Waals surface area contributed by atoms with Gasteiger partial charge < -0.3 is 20.5 Å². The molecule has 1 aromatic carbocycles. The van der Waals surface area contributed by atoms with Crippen LogP contribution in [0.1, 0.15) is 10.4 Å². The van der Waals surface area contributed by atoms with Crippen LogP contribution in [-0.2, 0) is 0 Å². The van der Waals surface area contributed by atoms with Gasteiger partial charge in [-0.2, -0.15) is 0 Å². The first kappa shape index (κ1) is 16.4. The Morgan fingerprint density at radius 2 is 1.95 bits per heavy atom. The molecule has 3 N–H and O–H groups in total. The van der Waals surface area contributed by atoms with Crippen molar-refractivity contribution in [1.29, 1.82) is 0 Å². The standard InChI is InChI=1S/C13H17N3O5/c1-20-11-7-9(13(17)15-6-4-3-5-14)10(16(18)19)8-12(11)21-2/h3-4,7-8H,5-6,14H2,1-2H3,(H,15,17)/b4-3+. The minimum absolute atomic E-state index is 0.0983. The number of carbonyl (C=O) groups is 1. The van der Waals surface area contributed by atoms with E-state index in [0.29, 0.717) is 6.54 Å². The van der Waals surface area contributed by atoms with Crippen molar-refractivity contribution in [2.24, 2.45) is 5.73 Å². The van der Waals surface area contributed by atoms with Crippen molar-refractivity contribution in [2.45, 2.75) is 0 Å². The van der Waals surface area contributed by atoms with Crippen LogP contribution in [0.2, 0.25) is 0 Å². The Morgan fingerprint density at radius 1 is 1.33 bits per heavy atom. The molecule has 1 amide bonds. The summed E-state index contributed by atoms with van der Waals surface area (Å²) in [4.78, 5) is 22.4.